The van der Waals surface area contributed by atoms with Crippen molar-refractivity contribution in [3.05, 3.63) is 255 Å². The van der Waals surface area contributed by atoms with E-state index in [0.29, 0.717) is 0 Å². The van der Waals surface area contributed by atoms with Gasteiger partial charge in [-0.05, 0) is 67.8 Å². The van der Waals surface area contributed by atoms with E-state index in [9.17, 15) is 0 Å². The van der Waals surface area contributed by atoms with E-state index < -0.39 is 8.07 Å². The fraction of sp³-hybridized carbons (Fsp3) is 0. The third kappa shape index (κ3) is 5.78. The Morgan fingerprint density at radius 3 is 1.33 bits per heavy atom. The fourth-order valence-corrected chi connectivity index (χ4v) is 15.4. The molecular formula is C60H42N2Si. The van der Waals surface area contributed by atoms with Crippen LogP contribution in [0.15, 0.2) is 255 Å². The van der Waals surface area contributed by atoms with Crippen LogP contribution in [0, 0.1) is 0 Å². The molecule has 0 unspecified atom stereocenters. The third-order valence-corrected chi connectivity index (χ3v) is 17.9. The first-order chi connectivity index (χ1) is 31.3. The Kier molecular flexibility index (Phi) is 8.87. The zero-order chi connectivity index (χ0) is 41.7. The Hall–Kier alpha value is -7.98. The van der Waals surface area contributed by atoms with Crippen molar-refractivity contribution in [3.63, 3.8) is 0 Å². The Labute approximate surface area is 368 Å². The van der Waals surface area contributed by atoms with E-state index in [0.717, 1.165) is 5.69 Å². The van der Waals surface area contributed by atoms with Crippen LogP contribution in [-0.2, 0) is 0 Å². The predicted molar refractivity (Wildman–Crippen MR) is 270 cm³/mol. The lowest BCUT2D eigenvalue weighted by Gasteiger charge is -2.35. The average Bonchev–Trinajstić information content (AvgIpc) is 3.89. The molecule has 0 radical (unpaired) electrons. The molecule has 0 saturated heterocycles. The average molecular weight is 819 g/mol. The second-order valence-corrected chi connectivity index (χ2v) is 20.2. The highest BCUT2D eigenvalue weighted by Gasteiger charge is 2.43. The summed E-state index contributed by atoms with van der Waals surface area (Å²) in [6.07, 6.45) is 0. The van der Waals surface area contributed by atoms with Crippen molar-refractivity contribution in [2.24, 2.45) is 0 Å². The van der Waals surface area contributed by atoms with Crippen molar-refractivity contribution in [1.82, 2.24) is 9.13 Å². The summed E-state index contributed by atoms with van der Waals surface area (Å²) in [5.41, 5.74) is 11.9. The molecule has 0 saturated carbocycles. The van der Waals surface area contributed by atoms with E-state index in [1.54, 1.807) is 0 Å². The molecule has 2 heterocycles. The monoisotopic (exact) mass is 818 g/mol. The Morgan fingerprint density at radius 2 is 0.746 bits per heavy atom. The molecule has 2 aromatic heterocycles. The Balaban J connectivity index is 1.27. The van der Waals surface area contributed by atoms with Crippen LogP contribution in [0.3, 0.4) is 0 Å². The van der Waals surface area contributed by atoms with Gasteiger partial charge in [-0.25, -0.2) is 0 Å². The van der Waals surface area contributed by atoms with Crippen molar-refractivity contribution >= 4 is 72.4 Å². The summed E-state index contributed by atoms with van der Waals surface area (Å²) >= 11 is 0. The number of para-hydroxylation sites is 3. The molecule has 0 aliphatic carbocycles. The number of rotatable bonds is 8. The molecule has 12 aromatic rings. The molecule has 0 spiro atoms. The van der Waals surface area contributed by atoms with Crippen molar-refractivity contribution in [1.29, 1.82) is 0 Å². The molecule has 2 nitrogen and oxygen atoms in total. The van der Waals surface area contributed by atoms with Crippen LogP contribution in [0.25, 0.3) is 77.2 Å². The summed E-state index contributed by atoms with van der Waals surface area (Å²) in [5.74, 6) is 0. The summed E-state index contributed by atoms with van der Waals surface area (Å²) in [6.45, 7) is 0. The van der Waals surface area contributed by atoms with Gasteiger partial charge in [0.15, 0.2) is 8.07 Å². The minimum Gasteiger partial charge on any atom is -0.309 e. The van der Waals surface area contributed by atoms with Gasteiger partial charge in [-0.15, -0.1) is 0 Å². The minimum atomic E-state index is -3.02. The standard InChI is InChI=1S/C60H42N2Si/c1-6-21-43(22-7-1)44-37-39-46(40-38-44)61-55-35-19-17-32-53(55)58-56(61)42-41-50(45-23-8-2-9-24-45)60(58)62-54-34-18-16-31-51(54)52-33-20-36-57(59(52)62)63(47-25-10-3-11-26-47,48-27-12-4-13-28-48)49-29-14-5-15-30-49/h1-42H. The largest absolute Gasteiger partial charge is 0.309 e. The molecule has 0 atom stereocenters. The third-order valence-electron chi connectivity index (χ3n) is 13.1. The van der Waals surface area contributed by atoms with E-state index in [2.05, 4.69) is 264 Å². The van der Waals surface area contributed by atoms with Crippen molar-refractivity contribution in [3.8, 4) is 33.6 Å². The first-order valence-corrected chi connectivity index (χ1v) is 23.8. The fourth-order valence-electron chi connectivity index (χ4n) is 10.4. The normalized spacial score (nSPS) is 11.8. The molecule has 0 aliphatic rings. The summed E-state index contributed by atoms with van der Waals surface area (Å²) in [4.78, 5) is 0. The van der Waals surface area contributed by atoms with Crippen LogP contribution in [0.5, 0.6) is 0 Å². The molecule has 10 aromatic carbocycles. The first kappa shape index (κ1) is 36.8. The molecule has 0 aliphatic heterocycles. The molecule has 12 rings (SSSR count). The number of hydrogen-bond acceptors (Lipinski definition) is 0. The van der Waals surface area contributed by atoms with Gasteiger partial charge in [0.1, 0.15) is 0 Å². The maximum absolute atomic E-state index is 3.02. The zero-order valence-electron chi connectivity index (χ0n) is 34.6. The zero-order valence-corrected chi connectivity index (χ0v) is 35.6. The van der Waals surface area contributed by atoms with E-state index in [1.807, 2.05) is 0 Å². The van der Waals surface area contributed by atoms with Gasteiger partial charge in [0, 0.05) is 32.8 Å². The van der Waals surface area contributed by atoms with Gasteiger partial charge in [-0.2, -0.15) is 0 Å². The van der Waals surface area contributed by atoms with Crippen LogP contribution in [0.1, 0.15) is 0 Å². The highest BCUT2D eigenvalue weighted by Crippen LogP contribution is 2.44. The maximum atomic E-state index is 2.65. The van der Waals surface area contributed by atoms with Crippen LogP contribution in [0.2, 0.25) is 0 Å². The van der Waals surface area contributed by atoms with Gasteiger partial charge < -0.3 is 9.13 Å². The van der Waals surface area contributed by atoms with Crippen molar-refractivity contribution < 1.29 is 0 Å². The number of fused-ring (bicyclic) bond motifs is 6. The molecule has 0 N–H and O–H groups in total. The number of nitrogens with zero attached hydrogens (tertiary/aromatic N) is 2. The minimum absolute atomic E-state index is 1.13. The van der Waals surface area contributed by atoms with Crippen LogP contribution in [-0.4, -0.2) is 17.2 Å². The Bertz CT molecular complexity index is 3480. The highest BCUT2D eigenvalue weighted by atomic mass is 28.3. The molecule has 296 valence electrons. The van der Waals surface area contributed by atoms with Gasteiger partial charge in [0.2, 0.25) is 0 Å². The van der Waals surface area contributed by atoms with Crippen molar-refractivity contribution in [2.45, 2.75) is 0 Å². The summed E-state index contributed by atoms with van der Waals surface area (Å²) in [5, 5.41) is 10.3. The van der Waals surface area contributed by atoms with Gasteiger partial charge in [0.05, 0.1) is 27.8 Å². The highest BCUT2D eigenvalue weighted by molar-refractivity contribution is 7.20. The van der Waals surface area contributed by atoms with E-state index in [4.69, 9.17) is 0 Å². The molecule has 3 heteroatoms. The maximum Gasteiger partial charge on any atom is 0.181 e. The van der Waals surface area contributed by atoms with Gasteiger partial charge in [0.25, 0.3) is 0 Å². The van der Waals surface area contributed by atoms with Crippen LogP contribution in [0.4, 0.5) is 0 Å². The lowest BCUT2D eigenvalue weighted by atomic mass is 9.99. The number of aromatic nitrogens is 2. The summed E-state index contributed by atoms with van der Waals surface area (Å²) < 4.78 is 5.11. The van der Waals surface area contributed by atoms with E-state index in [1.165, 1.54) is 92.3 Å². The van der Waals surface area contributed by atoms with E-state index >= 15 is 0 Å². The molecule has 0 amide bonds. The van der Waals surface area contributed by atoms with Crippen LogP contribution >= 0.6 is 0 Å². The number of benzene rings is 10. The molecule has 0 fully saturated rings. The molecular weight excluding hydrogens is 777 g/mol. The second-order valence-electron chi connectivity index (χ2n) is 16.4. The topological polar surface area (TPSA) is 9.86 Å². The lowest BCUT2D eigenvalue weighted by Crippen LogP contribution is -2.75. The van der Waals surface area contributed by atoms with Crippen molar-refractivity contribution in [2.75, 3.05) is 0 Å². The lowest BCUT2D eigenvalue weighted by molar-refractivity contribution is 1.17. The smallest absolute Gasteiger partial charge is 0.181 e. The quantitative estimate of drug-likeness (QED) is 0.107. The molecule has 0 bridgehead atoms. The summed E-state index contributed by atoms with van der Waals surface area (Å²) in [7, 11) is -3.02. The number of hydrogen-bond donors (Lipinski definition) is 0. The SMILES string of the molecule is c1ccc(-c2ccc(-n3c4ccccc4c4c(-n5c6ccccc6c6cccc([Si](c7ccccc7)(c7ccccc7)c7ccccc7)c65)c(-c5ccccc5)ccc43)cc2)cc1. The molecule has 63 heavy (non-hydrogen) atoms. The van der Waals surface area contributed by atoms with Gasteiger partial charge >= 0.3 is 0 Å². The van der Waals surface area contributed by atoms with Gasteiger partial charge in [-0.3, -0.25) is 0 Å². The second kappa shape index (κ2) is 15.2. The summed E-state index contributed by atoms with van der Waals surface area (Å²) in [6, 6.07) is 94.4. The predicted octanol–water partition coefficient (Wildman–Crippen LogP) is 12.6. The first-order valence-electron chi connectivity index (χ1n) is 21.8. The van der Waals surface area contributed by atoms with E-state index in [-0.39, 0.29) is 0 Å². The van der Waals surface area contributed by atoms with Gasteiger partial charge in [-0.1, -0.05) is 224 Å². The Morgan fingerprint density at radius 1 is 0.286 bits per heavy atom. The van der Waals surface area contributed by atoms with Crippen LogP contribution < -0.4 is 20.7 Å².